The van der Waals surface area contributed by atoms with Gasteiger partial charge in [-0.25, -0.2) is 0 Å². The number of fused-ring (bicyclic) bond motifs is 1. The predicted octanol–water partition coefficient (Wildman–Crippen LogP) is 3.80. The summed E-state index contributed by atoms with van der Waals surface area (Å²) in [6.45, 7) is 2.28. The Hall–Kier alpha value is -1.35. The van der Waals surface area contributed by atoms with Gasteiger partial charge in [0, 0.05) is 24.4 Å². The second-order valence-corrected chi connectivity index (χ2v) is 6.86. The SMILES string of the molecule is CCCC1CCC(N)(Cc2nn(C)c3ccccc23)CC1. The molecular formula is C18H27N3. The minimum absolute atomic E-state index is 0.0542. The first-order valence-electron chi connectivity index (χ1n) is 8.31. The minimum atomic E-state index is -0.0542. The van der Waals surface area contributed by atoms with Gasteiger partial charge >= 0.3 is 0 Å². The molecule has 0 aliphatic heterocycles. The summed E-state index contributed by atoms with van der Waals surface area (Å²) in [5, 5.41) is 5.99. The molecular weight excluding hydrogens is 258 g/mol. The number of hydrogen-bond acceptors (Lipinski definition) is 2. The van der Waals surface area contributed by atoms with E-state index in [9.17, 15) is 0 Å². The van der Waals surface area contributed by atoms with Crippen molar-refractivity contribution < 1.29 is 0 Å². The molecule has 1 heterocycles. The highest BCUT2D eigenvalue weighted by atomic mass is 15.3. The Bertz CT molecular complexity index is 606. The van der Waals surface area contributed by atoms with Crippen molar-refractivity contribution in [1.29, 1.82) is 0 Å². The van der Waals surface area contributed by atoms with Gasteiger partial charge in [0.25, 0.3) is 0 Å². The van der Waals surface area contributed by atoms with Crippen molar-refractivity contribution in [2.24, 2.45) is 18.7 Å². The second kappa shape index (κ2) is 5.80. The Morgan fingerprint density at radius 3 is 2.71 bits per heavy atom. The number of hydrogen-bond donors (Lipinski definition) is 1. The lowest BCUT2D eigenvalue weighted by molar-refractivity contribution is 0.222. The summed E-state index contributed by atoms with van der Waals surface area (Å²) in [6, 6.07) is 8.47. The number of nitrogens with two attached hydrogens (primary N) is 1. The molecule has 0 unspecified atom stereocenters. The summed E-state index contributed by atoms with van der Waals surface area (Å²) in [7, 11) is 2.02. The fourth-order valence-electron chi connectivity index (χ4n) is 3.88. The van der Waals surface area contributed by atoms with Crippen LogP contribution >= 0.6 is 0 Å². The number of benzene rings is 1. The van der Waals surface area contributed by atoms with E-state index in [4.69, 9.17) is 10.8 Å². The normalized spacial score (nSPS) is 26.3. The van der Waals surface area contributed by atoms with Crippen LogP contribution in [0.4, 0.5) is 0 Å². The lowest BCUT2D eigenvalue weighted by Gasteiger charge is -2.37. The molecule has 3 rings (SSSR count). The zero-order chi connectivity index (χ0) is 14.9. The fourth-order valence-corrected chi connectivity index (χ4v) is 3.88. The van der Waals surface area contributed by atoms with Crippen molar-refractivity contribution in [3.8, 4) is 0 Å². The van der Waals surface area contributed by atoms with Gasteiger partial charge in [0.1, 0.15) is 0 Å². The molecule has 0 atom stereocenters. The summed E-state index contributed by atoms with van der Waals surface area (Å²) in [6.07, 6.45) is 8.43. The summed E-state index contributed by atoms with van der Waals surface area (Å²) >= 11 is 0. The van der Waals surface area contributed by atoms with Gasteiger partial charge in [0.2, 0.25) is 0 Å². The quantitative estimate of drug-likeness (QED) is 0.928. The zero-order valence-corrected chi connectivity index (χ0v) is 13.3. The van der Waals surface area contributed by atoms with Crippen molar-refractivity contribution >= 4 is 10.9 Å². The maximum absolute atomic E-state index is 6.70. The van der Waals surface area contributed by atoms with Crippen molar-refractivity contribution in [3.63, 3.8) is 0 Å². The van der Waals surface area contributed by atoms with Crippen LogP contribution in [0.1, 0.15) is 51.1 Å². The van der Waals surface area contributed by atoms with Gasteiger partial charge < -0.3 is 5.73 Å². The molecule has 1 fully saturated rings. The maximum atomic E-state index is 6.70. The largest absolute Gasteiger partial charge is 0.325 e. The van der Waals surface area contributed by atoms with E-state index in [1.807, 2.05) is 11.7 Å². The van der Waals surface area contributed by atoms with Gasteiger partial charge in [0.15, 0.2) is 0 Å². The summed E-state index contributed by atoms with van der Waals surface area (Å²) in [5.41, 5.74) is 9.02. The Balaban J connectivity index is 1.76. The van der Waals surface area contributed by atoms with Crippen LogP contribution in [0.5, 0.6) is 0 Å². The zero-order valence-electron chi connectivity index (χ0n) is 13.3. The molecule has 0 radical (unpaired) electrons. The van der Waals surface area contributed by atoms with Gasteiger partial charge in [-0.3, -0.25) is 4.68 Å². The molecule has 0 bridgehead atoms. The second-order valence-electron chi connectivity index (χ2n) is 6.86. The van der Waals surface area contributed by atoms with E-state index >= 15 is 0 Å². The summed E-state index contributed by atoms with van der Waals surface area (Å²) in [4.78, 5) is 0. The van der Waals surface area contributed by atoms with Crippen molar-refractivity contribution in [2.45, 2.75) is 57.4 Å². The third-order valence-electron chi connectivity index (χ3n) is 5.15. The van der Waals surface area contributed by atoms with Crippen molar-refractivity contribution in [1.82, 2.24) is 9.78 Å². The van der Waals surface area contributed by atoms with Gasteiger partial charge in [-0.15, -0.1) is 0 Å². The van der Waals surface area contributed by atoms with E-state index < -0.39 is 0 Å². The van der Waals surface area contributed by atoms with Crippen LogP contribution in [0.25, 0.3) is 10.9 Å². The maximum Gasteiger partial charge on any atom is 0.0721 e. The summed E-state index contributed by atoms with van der Waals surface area (Å²) < 4.78 is 1.98. The van der Waals surface area contributed by atoms with E-state index in [2.05, 4.69) is 31.2 Å². The van der Waals surface area contributed by atoms with Crippen LogP contribution in [-0.4, -0.2) is 15.3 Å². The molecule has 21 heavy (non-hydrogen) atoms. The number of rotatable bonds is 4. The predicted molar refractivity (Wildman–Crippen MR) is 88.2 cm³/mol. The number of nitrogens with zero attached hydrogens (tertiary/aromatic N) is 2. The molecule has 0 amide bonds. The lowest BCUT2D eigenvalue weighted by atomic mass is 9.73. The van der Waals surface area contributed by atoms with E-state index in [0.29, 0.717) is 0 Å². The molecule has 1 aromatic heterocycles. The van der Waals surface area contributed by atoms with Crippen molar-refractivity contribution in [3.05, 3.63) is 30.0 Å². The molecule has 3 nitrogen and oxygen atoms in total. The smallest absolute Gasteiger partial charge is 0.0721 e. The van der Waals surface area contributed by atoms with Crippen LogP contribution in [0, 0.1) is 5.92 Å². The van der Waals surface area contributed by atoms with Crippen LogP contribution in [0.3, 0.4) is 0 Å². The first-order chi connectivity index (χ1) is 10.1. The van der Waals surface area contributed by atoms with Gasteiger partial charge in [-0.2, -0.15) is 5.10 Å². The van der Waals surface area contributed by atoms with Gasteiger partial charge in [-0.1, -0.05) is 38.0 Å². The van der Waals surface area contributed by atoms with Crippen molar-refractivity contribution in [2.75, 3.05) is 0 Å². The summed E-state index contributed by atoms with van der Waals surface area (Å²) in [5.74, 6) is 0.896. The van der Waals surface area contributed by atoms with Crippen LogP contribution in [0.15, 0.2) is 24.3 Å². The molecule has 2 N–H and O–H groups in total. The van der Waals surface area contributed by atoms with Crippen LogP contribution < -0.4 is 5.73 Å². The lowest BCUT2D eigenvalue weighted by Crippen LogP contribution is -2.45. The van der Waals surface area contributed by atoms with Crippen LogP contribution in [-0.2, 0) is 13.5 Å². The monoisotopic (exact) mass is 285 g/mol. The third kappa shape index (κ3) is 2.98. The third-order valence-corrected chi connectivity index (χ3v) is 5.15. The molecule has 1 aromatic carbocycles. The molecule has 1 aliphatic rings. The topological polar surface area (TPSA) is 43.8 Å². The highest BCUT2D eigenvalue weighted by molar-refractivity contribution is 5.81. The van der Waals surface area contributed by atoms with Crippen LogP contribution in [0.2, 0.25) is 0 Å². The fraction of sp³-hybridized carbons (Fsp3) is 0.611. The molecule has 1 saturated carbocycles. The van der Waals surface area contributed by atoms with Gasteiger partial charge in [0.05, 0.1) is 11.2 Å². The Labute approximate surface area is 127 Å². The van der Waals surface area contributed by atoms with Gasteiger partial charge in [-0.05, 0) is 37.7 Å². The van der Waals surface area contributed by atoms with E-state index in [1.54, 1.807) is 0 Å². The molecule has 3 heteroatoms. The Morgan fingerprint density at radius 1 is 1.29 bits per heavy atom. The standard InChI is InChI=1S/C18H27N3/c1-3-6-14-9-11-18(19,12-10-14)13-16-15-7-4-5-8-17(15)21(2)20-16/h4-5,7-8,14H,3,6,9-13,19H2,1-2H3. The number of para-hydroxylation sites is 1. The first-order valence-corrected chi connectivity index (χ1v) is 8.31. The number of aromatic nitrogens is 2. The van der Waals surface area contributed by atoms with E-state index in [1.165, 1.54) is 42.3 Å². The van der Waals surface area contributed by atoms with E-state index in [-0.39, 0.29) is 5.54 Å². The molecule has 2 aromatic rings. The average Bonchev–Trinajstić information content (AvgIpc) is 2.79. The Kier molecular flexibility index (Phi) is 4.03. The molecule has 114 valence electrons. The molecule has 0 spiro atoms. The highest BCUT2D eigenvalue weighted by Crippen LogP contribution is 2.35. The average molecular weight is 285 g/mol. The molecule has 0 saturated heterocycles. The minimum Gasteiger partial charge on any atom is -0.325 e. The molecule has 1 aliphatic carbocycles. The first kappa shape index (κ1) is 14.6. The number of aryl methyl sites for hydroxylation is 1. The highest BCUT2D eigenvalue weighted by Gasteiger charge is 2.32. The van der Waals surface area contributed by atoms with E-state index in [0.717, 1.165) is 25.2 Å². The Morgan fingerprint density at radius 2 is 2.00 bits per heavy atom.